The van der Waals surface area contributed by atoms with Gasteiger partial charge in [-0.2, -0.15) is 0 Å². The monoisotopic (exact) mass is 607 g/mol. The molecular weight excluding hydrogens is 563 g/mol. The SMILES string of the molecule is CCCCC(CC)COC(=O)CCSc1cnc(N2CCC3(CC2)Cc2ncsc2[C@H]3N[S+]([O-])C(C)(C)C)cn1. The highest BCUT2D eigenvalue weighted by Crippen LogP contribution is 2.53. The Morgan fingerprint density at radius 3 is 2.70 bits per heavy atom. The topological polar surface area (TPSA) is 103 Å². The molecule has 2 unspecified atom stereocenters. The first-order valence-electron chi connectivity index (χ1n) is 14.6. The van der Waals surface area contributed by atoms with E-state index in [1.807, 2.05) is 32.5 Å². The molecule has 11 heteroatoms. The summed E-state index contributed by atoms with van der Waals surface area (Å²) in [6.07, 6.45) is 11.4. The van der Waals surface area contributed by atoms with Crippen molar-refractivity contribution in [1.82, 2.24) is 19.7 Å². The van der Waals surface area contributed by atoms with Crippen molar-refractivity contribution in [2.45, 2.75) is 102 Å². The number of thioether (sulfide) groups is 1. The van der Waals surface area contributed by atoms with Gasteiger partial charge in [0.15, 0.2) is 0 Å². The fraction of sp³-hybridized carbons (Fsp3) is 0.724. The van der Waals surface area contributed by atoms with E-state index in [-0.39, 0.29) is 22.2 Å². The highest BCUT2D eigenvalue weighted by molar-refractivity contribution is 7.99. The van der Waals surface area contributed by atoms with Crippen LogP contribution in [-0.2, 0) is 27.3 Å². The smallest absolute Gasteiger partial charge is 0.306 e. The van der Waals surface area contributed by atoms with E-state index in [1.54, 1.807) is 17.5 Å². The van der Waals surface area contributed by atoms with Gasteiger partial charge in [0.25, 0.3) is 0 Å². The quantitative estimate of drug-likeness (QED) is 0.164. The molecule has 1 N–H and O–H groups in total. The molecule has 2 aromatic heterocycles. The first-order valence-corrected chi connectivity index (χ1v) is 17.6. The molecule has 3 atom stereocenters. The zero-order valence-electron chi connectivity index (χ0n) is 24.6. The Labute approximate surface area is 251 Å². The van der Waals surface area contributed by atoms with Crippen LogP contribution in [0.2, 0.25) is 0 Å². The third kappa shape index (κ3) is 7.91. The number of nitrogens with zero attached hydrogens (tertiary/aromatic N) is 4. The van der Waals surface area contributed by atoms with Gasteiger partial charge in [-0.15, -0.1) is 27.8 Å². The molecule has 222 valence electrons. The Morgan fingerprint density at radius 1 is 1.27 bits per heavy atom. The number of piperidine rings is 1. The van der Waals surface area contributed by atoms with Crippen LogP contribution >= 0.6 is 23.1 Å². The molecule has 1 spiro atoms. The molecule has 0 radical (unpaired) electrons. The van der Waals surface area contributed by atoms with Gasteiger partial charge in [0.2, 0.25) is 0 Å². The molecule has 3 heterocycles. The predicted molar refractivity (Wildman–Crippen MR) is 165 cm³/mol. The maximum absolute atomic E-state index is 13.0. The third-order valence-electron chi connectivity index (χ3n) is 8.12. The largest absolute Gasteiger partial charge is 0.598 e. The summed E-state index contributed by atoms with van der Waals surface area (Å²) in [5.74, 6) is 1.84. The number of thiazole rings is 1. The van der Waals surface area contributed by atoms with Gasteiger partial charge in [0.1, 0.15) is 15.6 Å². The van der Waals surface area contributed by atoms with E-state index in [0.29, 0.717) is 24.7 Å². The number of aromatic nitrogens is 3. The average molecular weight is 608 g/mol. The molecule has 0 amide bonds. The second-order valence-electron chi connectivity index (χ2n) is 12.0. The summed E-state index contributed by atoms with van der Waals surface area (Å²) in [6, 6.07) is 0.0676. The molecule has 1 aliphatic heterocycles. The number of unbranched alkanes of at least 4 members (excludes halogenated alkanes) is 1. The van der Waals surface area contributed by atoms with E-state index in [1.165, 1.54) is 29.5 Å². The van der Waals surface area contributed by atoms with Gasteiger partial charge < -0.3 is 14.2 Å². The Bertz CT molecular complexity index is 1080. The second-order valence-corrected chi connectivity index (χ2v) is 16.0. The van der Waals surface area contributed by atoms with Crippen molar-refractivity contribution >= 4 is 46.2 Å². The molecule has 8 nitrogen and oxygen atoms in total. The molecule has 0 aromatic carbocycles. The zero-order chi connectivity index (χ0) is 28.8. The number of rotatable bonds is 13. The van der Waals surface area contributed by atoms with Crippen molar-refractivity contribution in [3.63, 3.8) is 0 Å². The van der Waals surface area contributed by atoms with Crippen molar-refractivity contribution in [1.29, 1.82) is 0 Å². The molecule has 1 aliphatic carbocycles. The second kappa shape index (κ2) is 14.2. The summed E-state index contributed by atoms with van der Waals surface area (Å²) in [6.45, 7) is 12.7. The molecule has 2 aliphatic rings. The minimum Gasteiger partial charge on any atom is -0.598 e. The summed E-state index contributed by atoms with van der Waals surface area (Å²) in [5, 5.41) is 0.819. The highest BCUT2D eigenvalue weighted by Gasteiger charge is 2.52. The van der Waals surface area contributed by atoms with Gasteiger partial charge in [0, 0.05) is 40.5 Å². The lowest BCUT2D eigenvalue weighted by molar-refractivity contribution is -0.144. The molecule has 2 aromatic rings. The Morgan fingerprint density at radius 2 is 2.05 bits per heavy atom. The maximum atomic E-state index is 13.0. The van der Waals surface area contributed by atoms with Crippen LogP contribution < -0.4 is 9.62 Å². The van der Waals surface area contributed by atoms with Gasteiger partial charge >= 0.3 is 5.97 Å². The third-order valence-corrected chi connectivity index (χ3v) is 11.5. The number of nitrogens with one attached hydrogen (secondary N) is 1. The van der Waals surface area contributed by atoms with E-state index in [4.69, 9.17) is 9.72 Å². The number of esters is 1. The van der Waals surface area contributed by atoms with Gasteiger partial charge in [-0.05, 0) is 52.4 Å². The van der Waals surface area contributed by atoms with E-state index in [2.05, 4.69) is 33.4 Å². The fourth-order valence-corrected chi connectivity index (χ4v) is 8.18. The molecule has 0 bridgehead atoms. The van der Waals surface area contributed by atoms with Gasteiger partial charge in [0.05, 0.1) is 42.7 Å². The van der Waals surface area contributed by atoms with Crippen LogP contribution in [0.3, 0.4) is 0 Å². The number of hydrogen-bond acceptors (Lipinski definition) is 10. The van der Waals surface area contributed by atoms with Gasteiger partial charge in [-0.1, -0.05) is 33.1 Å². The highest BCUT2D eigenvalue weighted by atomic mass is 32.2. The van der Waals surface area contributed by atoms with Crippen molar-refractivity contribution in [2.24, 2.45) is 11.3 Å². The lowest BCUT2D eigenvalue weighted by atomic mass is 9.74. The van der Waals surface area contributed by atoms with Crippen LogP contribution in [0.1, 0.15) is 96.2 Å². The van der Waals surface area contributed by atoms with Crippen molar-refractivity contribution in [3.8, 4) is 0 Å². The van der Waals surface area contributed by atoms with Crippen molar-refractivity contribution in [3.05, 3.63) is 28.5 Å². The molecule has 4 rings (SSSR count). The van der Waals surface area contributed by atoms with Crippen LogP contribution in [0.25, 0.3) is 0 Å². The first kappa shape index (κ1) is 31.5. The summed E-state index contributed by atoms with van der Waals surface area (Å²) >= 11 is 2.07. The van der Waals surface area contributed by atoms with E-state index < -0.39 is 11.4 Å². The number of carbonyl (C=O) groups is 1. The molecular formula is C29H45N5O3S3. The first-order chi connectivity index (χ1) is 19.1. The standard InChI is InChI=1S/C29H45N5O3S3/c1-6-8-9-21(7-2)19-37-25(35)10-15-38-24-18-30-23(17-31-24)34-13-11-29(12-14-34)16-22-26(39-20-32-22)27(29)33-40(36)28(3,4)5/h17-18,20-21,27,33H,6-16,19H2,1-5H3/t21?,27-,40?/m1/s1. The maximum Gasteiger partial charge on any atom is 0.306 e. The lowest BCUT2D eigenvalue weighted by Gasteiger charge is -2.43. The number of ether oxygens (including phenoxy) is 1. The molecule has 1 fully saturated rings. The fourth-order valence-electron chi connectivity index (χ4n) is 5.44. The molecule has 40 heavy (non-hydrogen) atoms. The molecule has 1 saturated heterocycles. The van der Waals surface area contributed by atoms with E-state index in [9.17, 15) is 9.35 Å². The van der Waals surface area contributed by atoms with Gasteiger partial charge in [-0.3, -0.25) is 4.79 Å². The minimum absolute atomic E-state index is 0.0256. The van der Waals surface area contributed by atoms with E-state index >= 15 is 0 Å². The lowest BCUT2D eigenvalue weighted by Crippen LogP contribution is -2.49. The normalized spacial score (nSPS) is 19.9. The Hall–Kier alpha value is -1.40. The summed E-state index contributed by atoms with van der Waals surface area (Å²) in [5.41, 5.74) is 3.10. The van der Waals surface area contributed by atoms with Crippen LogP contribution in [-0.4, -0.2) is 55.7 Å². The Balaban J connectivity index is 1.25. The van der Waals surface area contributed by atoms with Crippen LogP contribution in [0.15, 0.2) is 22.9 Å². The summed E-state index contributed by atoms with van der Waals surface area (Å²) in [7, 11) is 0. The van der Waals surface area contributed by atoms with E-state index in [0.717, 1.165) is 61.7 Å². The Kier molecular flexibility index (Phi) is 11.2. The molecule has 0 saturated carbocycles. The van der Waals surface area contributed by atoms with Crippen LogP contribution in [0.5, 0.6) is 0 Å². The van der Waals surface area contributed by atoms with Gasteiger partial charge in [-0.25, -0.2) is 15.0 Å². The number of anilines is 1. The van der Waals surface area contributed by atoms with Crippen molar-refractivity contribution < 1.29 is 14.1 Å². The van der Waals surface area contributed by atoms with Crippen LogP contribution in [0.4, 0.5) is 5.82 Å². The number of hydrogen-bond donors (Lipinski definition) is 1. The average Bonchev–Trinajstić information content (AvgIpc) is 3.49. The zero-order valence-corrected chi connectivity index (χ0v) is 27.1. The predicted octanol–water partition coefficient (Wildman–Crippen LogP) is 6.11. The van der Waals surface area contributed by atoms with Crippen molar-refractivity contribution in [2.75, 3.05) is 30.3 Å². The summed E-state index contributed by atoms with van der Waals surface area (Å²) < 4.78 is 21.7. The van der Waals surface area contributed by atoms with Crippen LogP contribution in [0, 0.1) is 11.3 Å². The number of fused-ring (bicyclic) bond motifs is 1. The number of carbonyl (C=O) groups excluding carboxylic acids is 1. The summed E-state index contributed by atoms with van der Waals surface area (Å²) in [4.78, 5) is 29.7. The minimum atomic E-state index is -1.14.